The number of rotatable bonds is 2. The number of nitrogens with zero attached hydrogens (tertiary/aromatic N) is 1. The Morgan fingerprint density at radius 1 is 1.50 bits per heavy atom. The number of halogens is 2. The van der Waals surface area contributed by atoms with Crippen LogP contribution < -0.4 is 5.46 Å². The van der Waals surface area contributed by atoms with E-state index in [1.165, 1.54) is 6.07 Å². The molecule has 0 radical (unpaired) electrons. The average molecular weight is 280 g/mol. The molecule has 0 bridgehead atoms. The molecule has 1 rings (SSSR count). The predicted molar refractivity (Wildman–Crippen MR) is 55.6 cm³/mol. The molecule has 5 nitrogen and oxygen atoms in total. The van der Waals surface area contributed by atoms with Crippen LogP contribution in [0.3, 0.4) is 0 Å². The van der Waals surface area contributed by atoms with Crippen LogP contribution in [0, 0.1) is 10.1 Å². The Kier molecular flexibility index (Phi) is 3.49. The first-order valence-electron chi connectivity index (χ1n) is 3.43. The summed E-state index contributed by atoms with van der Waals surface area (Å²) < 4.78 is 0.247. The summed E-state index contributed by atoms with van der Waals surface area (Å²) in [4.78, 5) is 9.77. The van der Waals surface area contributed by atoms with E-state index < -0.39 is 12.0 Å². The summed E-state index contributed by atoms with van der Waals surface area (Å²) in [5.74, 6) is 0. The van der Waals surface area contributed by atoms with Crippen LogP contribution >= 0.6 is 27.5 Å². The maximum absolute atomic E-state index is 10.4. The average Bonchev–Trinajstić information content (AvgIpc) is 2.08. The van der Waals surface area contributed by atoms with Crippen molar-refractivity contribution in [3.63, 3.8) is 0 Å². The molecule has 0 aromatic heterocycles. The van der Waals surface area contributed by atoms with Gasteiger partial charge in [-0.2, -0.15) is 0 Å². The van der Waals surface area contributed by atoms with Crippen molar-refractivity contribution in [2.75, 3.05) is 0 Å². The van der Waals surface area contributed by atoms with Gasteiger partial charge in [0.25, 0.3) is 5.69 Å². The predicted octanol–water partition coefficient (Wildman–Crippen LogP) is 0.690. The third-order valence-corrected chi connectivity index (χ3v) is 2.81. The lowest BCUT2D eigenvalue weighted by Gasteiger charge is -2.04. The summed E-state index contributed by atoms with van der Waals surface area (Å²) in [6.45, 7) is 0. The molecule has 1 aromatic carbocycles. The quantitative estimate of drug-likeness (QED) is 0.474. The summed E-state index contributed by atoms with van der Waals surface area (Å²) in [6, 6.07) is 2.20. The molecule has 0 aliphatic rings. The number of benzene rings is 1. The summed E-state index contributed by atoms with van der Waals surface area (Å²) in [7, 11) is -1.83. The first-order chi connectivity index (χ1) is 6.43. The SMILES string of the molecule is O=[N+]([O-])c1cc(Br)c(Cl)c(B(O)O)c1. The molecule has 0 atom stereocenters. The number of nitro benzene ring substituents is 1. The van der Waals surface area contributed by atoms with Gasteiger partial charge in [0, 0.05) is 22.1 Å². The molecule has 0 saturated carbocycles. The fourth-order valence-corrected chi connectivity index (χ4v) is 1.56. The van der Waals surface area contributed by atoms with Gasteiger partial charge in [-0.1, -0.05) is 11.6 Å². The standard InChI is InChI=1S/C6H4BBrClNO4/c8-5-2-3(10(13)14)1-4(6(5)9)7(11)12/h1-2,11-12H. The molecule has 0 heterocycles. The molecule has 0 aliphatic carbocycles. The number of nitro groups is 1. The molecule has 2 N–H and O–H groups in total. The van der Waals surface area contributed by atoms with E-state index in [0.717, 1.165) is 6.07 Å². The van der Waals surface area contributed by atoms with Gasteiger partial charge in [-0.3, -0.25) is 10.1 Å². The van der Waals surface area contributed by atoms with E-state index in [1.54, 1.807) is 0 Å². The van der Waals surface area contributed by atoms with Gasteiger partial charge >= 0.3 is 7.12 Å². The van der Waals surface area contributed by atoms with E-state index in [9.17, 15) is 10.1 Å². The maximum Gasteiger partial charge on any atom is 0.490 e. The fraction of sp³-hybridized carbons (Fsp3) is 0. The van der Waals surface area contributed by atoms with E-state index in [4.69, 9.17) is 21.6 Å². The highest BCUT2D eigenvalue weighted by Crippen LogP contribution is 2.25. The molecular formula is C6H4BBrClNO4. The van der Waals surface area contributed by atoms with Crippen molar-refractivity contribution < 1.29 is 15.0 Å². The molecule has 0 fully saturated rings. The first-order valence-corrected chi connectivity index (χ1v) is 4.60. The molecule has 8 heteroatoms. The maximum atomic E-state index is 10.4. The van der Waals surface area contributed by atoms with Crippen LogP contribution in [0.5, 0.6) is 0 Å². The van der Waals surface area contributed by atoms with Crippen LogP contribution in [0.1, 0.15) is 0 Å². The lowest BCUT2D eigenvalue weighted by atomic mass is 9.80. The van der Waals surface area contributed by atoms with Gasteiger partial charge in [0.05, 0.1) is 9.95 Å². The molecular weight excluding hydrogens is 276 g/mol. The van der Waals surface area contributed by atoms with E-state index >= 15 is 0 Å². The molecule has 0 unspecified atom stereocenters. The number of hydrogen-bond donors (Lipinski definition) is 2. The molecule has 0 spiro atoms. The Bertz CT molecular complexity index is 386. The summed E-state index contributed by atoms with van der Waals surface area (Å²) in [5.41, 5.74) is -0.364. The van der Waals surface area contributed by atoms with Gasteiger partial charge in [0.2, 0.25) is 0 Å². The number of hydrogen-bond acceptors (Lipinski definition) is 4. The van der Waals surface area contributed by atoms with Crippen molar-refractivity contribution in [2.24, 2.45) is 0 Å². The Hall–Kier alpha value is -0.625. The Morgan fingerprint density at radius 3 is 2.50 bits per heavy atom. The number of non-ortho nitro benzene ring substituents is 1. The van der Waals surface area contributed by atoms with Crippen molar-refractivity contribution in [3.05, 3.63) is 31.7 Å². The van der Waals surface area contributed by atoms with E-state index in [2.05, 4.69) is 15.9 Å². The van der Waals surface area contributed by atoms with Crippen LogP contribution in [0.15, 0.2) is 16.6 Å². The van der Waals surface area contributed by atoms with Crippen molar-refractivity contribution in [1.29, 1.82) is 0 Å². The summed E-state index contributed by atoms with van der Waals surface area (Å²) in [5, 5.41) is 28.2. The zero-order valence-corrected chi connectivity index (χ0v) is 8.99. The van der Waals surface area contributed by atoms with Crippen LogP contribution in [-0.4, -0.2) is 22.1 Å². The van der Waals surface area contributed by atoms with Crippen molar-refractivity contribution in [2.45, 2.75) is 0 Å². The van der Waals surface area contributed by atoms with Gasteiger partial charge < -0.3 is 10.0 Å². The Labute approximate surface area is 92.7 Å². The van der Waals surface area contributed by atoms with E-state index in [-0.39, 0.29) is 20.6 Å². The van der Waals surface area contributed by atoms with E-state index in [1.807, 2.05) is 0 Å². The third-order valence-electron chi connectivity index (χ3n) is 1.53. The van der Waals surface area contributed by atoms with Crippen molar-refractivity contribution >= 4 is 45.8 Å². The largest absolute Gasteiger partial charge is 0.490 e. The Morgan fingerprint density at radius 2 is 2.07 bits per heavy atom. The smallest absolute Gasteiger partial charge is 0.423 e. The monoisotopic (exact) mass is 279 g/mol. The Balaban J connectivity index is 3.35. The minimum Gasteiger partial charge on any atom is -0.423 e. The van der Waals surface area contributed by atoms with Gasteiger partial charge in [0.15, 0.2) is 0 Å². The topological polar surface area (TPSA) is 83.6 Å². The molecule has 1 aromatic rings. The summed E-state index contributed by atoms with van der Waals surface area (Å²) in [6.07, 6.45) is 0. The zero-order valence-electron chi connectivity index (χ0n) is 6.65. The molecule has 0 saturated heterocycles. The molecule has 0 amide bonds. The van der Waals surface area contributed by atoms with Crippen LogP contribution in [0.25, 0.3) is 0 Å². The third kappa shape index (κ3) is 2.24. The highest BCUT2D eigenvalue weighted by atomic mass is 79.9. The lowest BCUT2D eigenvalue weighted by molar-refractivity contribution is -0.384. The van der Waals surface area contributed by atoms with Gasteiger partial charge in [-0.05, 0) is 15.9 Å². The van der Waals surface area contributed by atoms with Gasteiger partial charge in [-0.15, -0.1) is 0 Å². The van der Waals surface area contributed by atoms with E-state index in [0.29, 0.717) is 0 Å². The van der Waals surface area contributed by atoms with Gasteiger partial charge in [0.1, 0.15) is 0 Å². The highest BCUT2D eigenvalue weighted by molar-refractivity contribution is 9.10. The normalized spacial score (nSPS) is 10.0. The second-order valence-corrected chi connectivity index (χ2v) is 3.69. The van der Waals surface area contributed by atoms with Gasteiger partial charge in [-0.25, -0.2) is 0 Å². The minimum atomic E-state index is -1.83. The minimum absolute atomic E-state index is 0.0469. The lowest BCUT2D eigenvalue weighted by Crippen LogP contribution is -2.31. The second kappa shape index (κ2) is 4.27. The van der Waals surface area contributed by atoms with Crippen molar-refractivity contribution in [1.82, 2.24) is 0 Å². The summed E-state index contributed by atoms with van der Waals surface area (Å²) >= 11 is 8.65. The highest BCUT2D eigenvalue weighted by Gasteiger charge is 2.21. The van der Waals surface area contributed by atoms with Crippen LogP contribution in [-0.2, 0) is 0 Å². The van der Waals surface area contributed by atoms with Crippen LogP contribution in [0.4, 0.5) is 5.69 Å². The second-order valence-electron chi connectivity index (χ2n) is 2.46. The molecule has 0 aliphatic heterocycles. The molecule has 74 valence electrons. The first kappa shape index (κ1) is 11.4. The molecule has 14 heavy (non-hydrogen) atoms. The fourth-order valence-electron chi connectivity index (χ4n) is 0.889. The van der Waals surface area contributed by atoms with Crippen molar-refractivity contribution in [3.8, 4) is 0 Å². The zero-order chi connectivity index (χ0) is 10.9. The van der Waals surface area contributed by atoms with Crippen LogP contribution in [0.2, 0.25) is 5.02 Å².